The number of imidazole rings is 1. The minimum atomic E-state index is -0.441. The number of nitrogens with two attached hydrogens (primary N) is 1. The Labute approximate surface area is 80.4 Å². The van der Waals surface area contributed by atoms with Crippen LogP contribution in [0.4, 0.5) is 5.95 Å². The van der Waals surface area contributed by atoms with Gasteiger partial charge in [-0.1, -0.05) is 0 Å². The van der Waals surface area contributed by atoms with Gasteiger partial charge < -0.3 is 15.4 Å². The molecule has 14 heavy (non-hydrogen) atoms. The highest BCUT2D eigenvalue weighted by atomic mass is 16.3. The molecular formula is C8H11N5O. The van der Waals surface area contributed by atoms with Crippen LogP contribution in [0, 0.1) is 0 Å². The molecule has 0 saturated heterocycles. The molecule has 2 aromatic heterocycles. The number of aliphatic hydroxyl groups excluding tert-OH is 1. The monoisotopic (exact) mass is 193 g/mol. The fourth-order valence-corrected chi connectivity index (χ4v) is 1.29. The van der Waals surface area contributed by atoms with Crippen molar-refractivity contribution in [3.63, 3.8) is 0 Å². The second kappa shape index (κ2) is 3.22. The zero-order chi connectivity index (χ0) is 10.1. The third-order valence-electron chi connectivity index (χ3n) is 1.84. The third kappa shape index (κ3) is 1.51. The van der Waals surface area contributed by atoms with E-state index < -0.39 is 6.10 Å². The van der Waals surface area contributed by atoms with Gasteiger partial charge in [-0.25, -0.2) is 9.97 Å². The number of hydrogen-bond acceptors (Lipinski definition) is 5. The Morgan fingerprint density at radius 2 is 2.36 bits per heavy atom. The Bertz CT molecular complexity index is 450. The second-order valence-corrected chi connectivity index (χ2v) is 3.18. The van der Waals surface area contributed by atoms with E-state index in [0.29, 0.717) is 17.7 Å². The van der Waals surface area contributed by atoms with Crippen molar-refractivity contribution in [1.82, 2.24) is 19.5 Å². The molecule has 0 radical (unpaired) electrons. The first-order chi connectivity index (χ1) is 6.66. The summed E-state index contributed by atoms with van der Waals surface area (Å²) in [7, 11) is 0. The predicted molar refractivity (Wildman–Crippen MR) is 51.4 cm³/mol. The Morgan fingerprint density at radius 1 is 1.57 bits per heavy atom. The number of aliphatic hydroxyl groups is 1. The molecule has 0 aliphatic carbocycles. The number of hydrogen-bond donors (Lipinski definition) is 2. The lowest BCUT2D eigenvalue weighted by atomic mass is 10.4. The van der Waals surface area contributed by atoms with Crippen LogP contribution >= 0.6 is 0 Å². The van der Waals surface area contributed by atoms with Crippen molar-refractivity contribution < 1.29 is 5.11 Å². The van der Waals surface area contributed by atoms with Crippen LogP contribution in [0.3, 0.4) is 0 Å². The van der Waals surface area contributed by atoms with Crippen LogP contribution in [0.5, 0.6) is 0 Å². The Kier molecular flexibility index (Phi) is 2.05. The quantitative estimate of drug-likeness (QED) is 0.688. The molecule has 1 atom stereocenters. The molecule has 2 rings (SSSR count). The van der Waals surface area contributed by atoms with Gasteiger partial charge in [0, 0.05) is 0 Å². The Morgan fingerprint density at radius 3 is 3.07 bits per heavy atom. The lowest BCUT2D eigenvalue weighted by Crippen LogP contribution is -2.11. The maximum Gasteiger partial charge on any atom is 0.222 e. The van der Waals surface area contributed by atoms with Crippen molar-refractivity contribution in [3.8, 4) is 0 Å². The summed E-state index contributed by atoms with van der Waals surface area (Å²) in [5, 5.41) is 9.23. The lowest BCUT2D eigenvalue weighted by Gasteiger charge is -2.05. The number of anilines is 1. The zero-order valence-electron chi connectivity index (χ0n) is 7.75. The molecule has 0 aromatic carbocycles. The van der Waals surface area contributed by atoms with Crippen LogP contribution in [-0.2, 0) is 6.54 Å². The molecule has 0 saturated carbocycles. The van der Waals surface area contributed by atoms with Gasteiger partial charge in [-0.3, -0.25) is 0 Å². The first kappa shape index (κ1) is 8.89. The lowest BCUT2D eigenvalue weighted by molar-refractivity contribution is 0.175. The molecule has 0 fully saturated rings. The van der Waals surface area contributed by atoms with Crippen molar-refractivity contribution in [2.45, 2.75) is 19.6 Å². The number of nitrogen functional groups attached to an aromatic ring is 1. The number of rotatable bonds is 2. The summed E-state index contributed by atoms with van der Waals surface area (Å²) in [6.45, 7) is 2.16. The molecule has 2 aromatic rings. The zero-order valence-corrected chi connectivity index (χ0v) is 7.75. The van der Waals surface area contributed by atoms with Crippen molar-refractivity contribution in [3.05, 3.63) is 12.5 Å². The smallest absolute Gasteiger partial charge is 0.222 e. The second-order valence-electron chi connectivity index (χ2n) is 3.18. The Hall–Kier alpha value is -1.69. The number of aromatic nitrogens is 4. The van der Waals surface area contributed by atoms with Crippen LogP contribution in [0.25, 0.3) is 11.2 Å². The van der Waals surface area contributed by atoms with Gasteiger partial charge >= 0.3 is 0 Å². The van der Waals surface area contributed by atoms with Crippen molar-refractivity contribution in [2.75, 3.05) is 5.73 Å². The minimum absolute atomic E-state index is 0.213. The highest BCUT2D eigenvalue weighted by molar-refractivity contribution is 5.70. The summed E-state index contributed by atoms with van der Waals surface area (Å²) in [6.07, 6.45) is 2.74. The van der Waals surface area contributed by atoms with Gasteiger partial charge in [0.2, 0.25) is 5.95 Å². The molecule has 74 valence electrons. The van der Waals surface area contributed by atoms with Gasteiger partial charge in [0.15, 0.2) is 5.65 Å². The molecular weight excluding hydrogens is 182 g/mol. The predicted octanol–water partition coefficient (Wildman–Crippen LogP) is -0.211. The van der Waals surface area contributed by atoms with E-state index in [1.54, 1.807) is 24.0 Å². The van der Waals surface area contributed by atoms with Crippen LogP contribution in [0.1, 0.15) is 6.92 Å². The molecule has 6 nitrogen and oxygen atoms in total. The molecule has 0 bridgehead atoms. The fraction of sp³-hybridized carbons (Fsp3) is 0.375. The van der Waals surface area contributed by atoms with Gasteiger partial charge in [-0.05, 0) is 6.92 Å². The summed E-state index contributed by atoms with van der Waals surface area (Å²) >= 11 is 0. The van der Waals surface area contributed by atoms with E-state index in [4.69, 9.17) is 5.73 Å². The van der Waals surface area contributed by atoms with Crippen LogP contribution in [0.15, 0.2) is 12.5 Å². The van der Waals surface area contributed by atoms with Gasteiger partial charge in [0.1, 0.15) is 5.52 Å². The van der Waals surface area contributed by atoms with E-state index in [-0.39, 0.29) is 5.95 Å². The van der Waals surface area contributed by atoms with E-state index in [9.17, 15) is 5.11 Å². The average molecular weight is 193 g/mol. The number of nitrogens with zero attached hydrogens (tertiary/aromatic N) is 4. The standard InChI is InChI=1S/C8H11N5O/c1-5(14)3-13-4-11-6-2-10-8(9)12-7(6)13/h2,4-5,14H,3H2,1H3,(H2,9,10,12). The highest BCUT2D eigenvalue weighted by Gasteiger charge is 2.06. The average Bonchev–Trinajstić information content (AvgIpc) is 2.47. The van der Waals surface area contributed by atoms with Gasteiger partial charge in [-0.15, -0.1) is 0 Å². The molecule has 6 heteroatoms. The first-order valence-corrected chi connectivity index (χ1v) is 4.28. The normalized spacial score (nSPS) is 13.3. The summed E-state index contributed by atoms with van der Waals surface area (Å²) in [4.78, 5) is 12.0. The summed E-state index contributed by atoms with van der Waals surface area (Å²) in [5.74, 6) is 0.213. The van der Waals surface area contributed by atoms with Crippen molar-refractivity contribution in [1.29, 1.82) is 0 Å². The van der Waals surface area contributed by atoms with Crippen molar-refractivity contribution >= 4 is 17.1 Å². The minimum Gasteiger partial charge on any atom is -0.392 e. The van der Waals surface area contributed by atoms with Gasteiger partial charge in [-0.2, -0.15) is 4.98 Å². The van der Waals surface area contributed by atoms with Gasteiger partial charge in [0.25, 0.3) is 0 Å². The third-order valence-corrected chi connectivity index (χ3v) is 1.84. The SMILES string of the molecule is CC(O)Cn1cnc2cnc(N)nc21. The molecule has 0 spiro atoms. The molecule has 0 aliphatic rings. The van der Waals surface area contributed by atoms with Crippen LogP contribution in [0.2, 0.25) is 0 Å². The molecule has 1 unspecified atom stereocenters. The molecule has 0 aliphatic heterocycles. The van der Waals surface area contributed by atoms with Crippen LogP contribution < -0.4 is 5.73 Å². The van der Waals surface area contributed by atoms with E-state index in [2.05, 4.69) is 15.0 Å². The van der Waals surface area contributed by atoms with E-state index in [0.717, 1.165) is 0 Å². The largest absolute Gasteiger partial charge is 0.392 e. The molecule has 0 amide bonds. The van der Waals surface area contributed by atoms with E-state index in [1.165, 1.54) is 0 Å². The number of fused-ring (bicyclic) bond motifs is 1. The molecule has 2 heterocycles. The Balaban J connectivity index is 2.50. The summed E-state index contributed by atoms with van der Waals surface area (Å²) in [5.41, 5.74) is 6.79. The van der Waals surface area contributed by atoms with Crippen molar-refractivity contribution in [2.24, 2.45) is 0 Å². The van der Waals surface area contributed by atoms with Gasteiger partial charge in [0.05, 0.1) is 25.2 Å². The summed E-state index contributed by atoms with van der Waals surface area (Å²) in [6, 6.07) is 0. The maximum atomic E-state index is 9.23. The topological polar surface area (TPSA) is 89.8 Å². The highest BCUT2D eigenvalue weighted by Crippen LogP contribution is 2.10. The fourth-order valence-electron chi connectivity index (χ4n) is 1.29. The maximum absolute atomic E-state index is 9.23. The molecule has 3 N–H and O–H groups in total. The first-order valence-electron chi connectivity index (χ1n) is 4.28. The summed E-state index contributed by atoms with van der Waals surface area (Å²) < 4.78 is 1.75. The van der Waals surface area contributed by atoms with E-state index in [1.807, 2.05) is 0 Å². The van der Waals surface area contributed by atoms with E-state index >= 15 is 0 Å². The van der Waals surface area contributed by atoms with Crippen LogP contribution in [-0.4, -0.2) is 30.7 Å².